The molecule has 0 aliphatic heterocycles. The Bertz CT molecular complexity index is 529. The molecule has 2 aromatic rings. The van der Waals surface area contributed by atoms with Crippen LogP contribution in [0.4, 0.5) is 0 Å². The molecule has 3 heteroatoms. The van der Waals surface area contributed by atoms with Crippen LogP contribution in [-0.4, -0.2) is 12.9 Å². The summed E-state index contributed by atoms with van der Waals surface area (Å²) >= 11 is 1.50. The van der Waals surface area contributed by atoms with Gasteiger partial charge in [-0.3, -0.25) is 4.79 Å². The minimum Gasteiger partial charge on any atom is -0.497 e. The summed E-state index contributed by atoms with van der Waals surface area (Å²) in [6, 6.07) is 9.29. The van der Waals surface area contributed by atoms with Crippen LogP contribution in [0.2, 0.25) is 0 Å². The highest BCUT2D eigenvalue weighted by atomic mass is 32.1. The van der Waals surface area contributed by atoms with Crippen LogP contribution in [0.5, 0.6) is 5.75 Å². The Labute approximate surface area is 105 Å². The van der Waals surface area contributed by atoms with Crippen molar-refractivity contribution in [1.82, 2.24) is 0 Å². The number of hydrogen-bond acceptors (Lipinski definition) is 3. The summed E-state index contributed by atoms with van der Waals surface area (Å²) in [6.07, 6.45) is 0.883. The first-order valence-corrected chi connectivity index (χ1v) is 6.39. The van der Waals surface area contributed by atoms with Gasteiger partial charge >= 0.3 is 0 Å². The number of carbonyl (C=O) groups excluding carboxylic acids is 1. The van der Waals surface area contributed by atoms with Gasteiger partial charge in [0, 0.05) is 5.56 Å². The van der Waals surface area contributed by atoms with Crippen molar-refractivity contribution in [3.63, 3.8) is 0 Å². The lowest BCUT2D eigenvalue weighted by molar-refractivity contribution is 0.104. The van der Waals surface area contributed by atoms with Gasteiger partial charge in [0.2, 0.25) is 5.78 Å². The molecule has 0 saturated carbocycles. The Morgan fingerprint density at radius 1 is 1.35 bits per heavy atom. The summed E-state index contributed by atoms with van der Waals surface area (Å²) < 4.78 is 5.13. The maximum atomic E-state index is 12.3. The number of thiophene rings is 1. The third kappa shape index (κ3) is 2.39. The zero-order valence-corrected chi connectivity index (χ0v) is 10.7. The molecular weight excluding hydrogens is 232 g/mol. The summed E-state index contributed by atoms with van der Waals surface area (Å²) in [6.45, 7) is 2.06. The first kappa shape index (κ1) is 11.9. The van der Waals surface area contributed by atoms with Crippen molar-refractivity contribution in [3.8, 4) is 5.75 Å². The van der Waals surface area contributed by atoms with Crippen LogP contribution in [0.15, 0.2) is 35.7 Å². The molecule has 0 aliphatic rings. The van der Waals surface area contributed by atoms with Crippen LogP contribution in [0, 0.1) is 0 Å². The number of carbonyl (C=O) groups is 1. The average molecular weight is 246 g/mol. The van der Waals surface area contributed by atoms with Gasteiger partial charge in [0.25, 0.3) is 0 Å². The molecule has 1 aromatic carbocycles. The van der Waals surface area contributed by atoms with Crippen molar-refractivity contribution >= 4 is 17.1 Å². The zero-order chi connectivity index (χ0) is 12.3. The Hall–Kier alpha value is -1.61. The molecule has 0 unspecified atom stereocenters. The smallest absolute Gasteiger partial charge is 0.203 e. The van der Waals surface area contributed by atoms with E-state index in [4.69, 9.17) is 4.74 Å². The Morgan fingerprint density at radius 2 is 2.18 bits per heavy atom. The number of aryl methyl sites for hydroxylation is 1. The van der Waals surface area contributed by atoms with Crippen molar-refractivity contribution in [3.05, 3.63) is 51.7 Å². The molecule has 88 valence electrons. The van der Waals surface area contributed by atoms with E-state index in [1.54, 1.807) is 13.2 Å². The molecule has 2 nitrogen and oxygen atoms in total. The van der Waals surface area contributed by atoms with Gasteiger partial charge in [0.1, 0.15) is 5.75 Å². The SMILES string of the molecule is CCc1ccsc1C(=O)c1cccc(OC)c1. The topological polar surface area (TPSA) is 26.3 Å². The number of hydrogen-bond donors (Lipinski definition) is 0. The Kier molecular flexibility index (Phi) is 3.59. The van der Waals surface area contributed by atoms with E-state index >= 15 is 0 Å². The van der Waals surface area contributed by atoms with Gasteiger partial charge in [-0.25, -0.2) is 0 Å². The fourth-order valence-corrected chi connectivity index (χ4v) is 2.67. The van der Waals surface area contributed by atoms with Crippen LogP contribution >= 0.6 is 11.3 Å². The third-order valence-electron chi connectivity index (χ3n) is 2.67. The van der Waals surface area contributed by atoms with Gasteiger partial charge in [-0.2, -0.15) is 0 Å². The summed E-state index contributed by atoms with van der Waals surface area (Å²) in [5.74, 6) is 0.793. The standard InChI is InChI=1S/C14H14O2S/c1-3-10-7-8-17-14(10)13(15)11-5-4-6-12(9-11)16-2/h4-9H,3H2,1-2H3. The maximum Gasteiger partial charge on any atom is 0.203 e. The van der Waals surface area contributed by atoms with Crippen molar-refractivity contribution in [2.45, 2.75) is 13.3 Å². The monoisotopic (exact) mass is 246 g/mol. The molecule has 0 fully saturated rings. The van der Waals surface area contributed by atoms with Crippen LogP contribution < -0.4 is 4.74 Å². The lowest BCUT2D eigenvalue weighted by Crippen LogP contribution is -2.01. The van der Waals surface area contributed by atoms with E-state index in [2.05, 4.69) is 6.92 Å². The van der Waals surface area contributed by atoms with Crippen molar-refractivity contribution in [2.24, 2.45) is 0 Å². The zero-order valence-electron chi connectivity index (χ0n) is 9.90. The summed E-state index contributed by atoms with van der Waals surface area (Å²) in [5, 5.41) is 1.96. The summed E-state index contributed by atoms with van der Waals surface area (Å²) in [4.78, 5) is 13.1. The molecule has 1 aromatic heterocycles. The lowest BCUT2D eigenvalue weighted by Gasteiger charge is -2.04. The molecule has 0 saturated heterocycles. The van der Waals surface area contributed by atoms with E-state index < -0.39 is 0 Å². The Balaban J connectivity index is 2.36. The van der Waals surface area contributed by atoms with E-state index in [1.165, 1.54) is 11.3 Å². The second-order valence-corrected chi connectivity index (χ2v) is 4.61. The van der Waals surface area contributed by atoms with E-state index in [0.717, 1.165) is 16.9 Å². The van der Waals surface area contributed by atoms with Crippen molar-refractivity contribution < 1.29 is 9.53 Å². The van der Waals surface area contributed by atoms with E-state index in [9.17, 15) is 4.79 Å². The highest BCUT2D eigenvalue weighted by Crippen LogP contribution is 2.23. The third-order valence-corrected chi connectivity index (χ3v) is 3.62. The fraction of sp³-hybridized carbons (Fsp3) is 0.214. The van der Waals surface area contributed by atoms with Crippen molar-refractivity contribution in [1.29, 1.82) is 0 Å². The van der Waals surface area contributed by atoms with Gasteiger partial charge < -0.3 is 4.74 Å². The number of ether oxygens (including phenoxy) is 1. The largest absolute Gasteiger partial charge is 0.497 e. The average Bonchev–Trinajstić information content (AvgIpc) is 2.86. The highest BCUT2D eigenvalue weighted by molar-refractivity contribution is 7.12. The van der Waals surface area contributed by atoms with Crippen LogP contribution in [0.1, 0.15) is 27.7 Å². The van der Waals surface area contributed by atoms with Gasteiger partial charge in [-0.15, -0.1) is 11.3 Å². The number of benzene rings is 1. The summed E-state index contributed by atoms with van der Waals surface area (Å²) in [7, 11) is 1.60. The molecule has 0 spiro atoms. The fourth-order valence-electron chi connectivity index (χ4n) is 1.71. The quantitative estimate of drug-likeness (QED) is 0.771. The van der Waals surface area contributed by atoms with E-state index in [-0.39, 0.29) is 5.78 Å². The second kappa shape index (κ2) is 5.15. The number of methoxy groups -OCH3 is 1. The molecule has 2 rings (SSSR count). The van der Waals surface area contributed by atoms with Crippen LogP contribution in [0.25, 0.3) is 0 Å². The molecule has 0 radical (unpaired) electrons. The maximum absolute atomic E-state index is 12.3. The van der Waals surface area contributed by atoms with Crippen LogP contribution in [0.3, 0.4) is 0 Å². The molecule has 0 atom stereocenters. The first-order chi connectivity index (χ1) is 8.26. The van der Waals surface area contributed by atoms with Gasteiger partial charge in [0.15, 0.2) is 0 Å². The first-order valence-electron chi connectivity index (χ1n) is 5.51. The normalized spacial score (nSPS) is 10.2. The van der Waals surface area contributed by atoms with Gasteiger partial charge in [-0.05, 0) is 35.6 Å². The van der Waals surface area contributed by atoms with Crippen molar-refractivity contribution in [2.75, 3.05) is 7.11 Å². The van der Waals surface area contributed by atoms with E-state index in [0.29, 0.717) is 11.3 Å². The van der Waals surface area contributed by atoms with Crippen LogP contribution in [-0.2, 0) is 6.42 Å². The molecule has 1 heterocycles. The lowest BCUT2D eigenvalue weighted by atomic mass is 10.1. The van der Waals surface area contributed by atoms with Gasteiger partial charge in [0.05, 0.1) is 12.0 Å². The second-order valence-electron chi connectivity index (χ2n) is 3.69. The predicted octanol–water partition coefficient (Wildman–Crippen LogP) is 3.55. The highest BCUT2D eigenvalue weighted by Gasteiger charge is 2.14. The molecule has 0 bridgehead atoms. The minimum atomic E-state index is 0.0794. The number of ketones is 1. The molecule has 17 heavy (non-hydrogen) atoms. The number of rotatable bonds is 4. The molecule has 0 aliphatic carbocycles. The predicted molar refractivity (Wildman–Crippen MR) is 70.1 cm³/mol. The molecular formula is C14H14O2S. The molecule has 0 amide bonds. The Morgan fingerprint density at radius 3 is 2.88 bits per heavy atom. The van der Waals surface area contributed by atoms with E-state index in [1.807, 2.05) is 29.6 Å². The minimum absolute atomic E-state index is 0.0794. The molecule has 0 N–H and O–H groups in total. The van der Waals surface area contributed by atoms with Gasteiger partial charge in [-0.1, -0.05) is 19.1 Å². The summed E-state index contributed by atoms with van der Waals surface area (Å²) in [5.41, 5.74) is 1.80.